The molecule has 35 heavy (non-hydrogen) atoms. The van der Waals surface area contributed by atoms with Crippen LogP contribution in [0.5, 0.6) is 0 Å². The minimum atomic E-state index is -0.412. The van der Waals surface area contributed by atoms with Crippen molar-refractivity contribution in [2.45, 2.75) is 32.7 Å². The third-order valence-electron chi connectivity index (χ3n) is 6.64. The number of anilines is 3. The number of rotatable bonds is 6. The number of carbonyl (C=O) groups is 2. The molecule has 3 N–H and O–H groups in total. The number of likely N-dealkylation sites (tertiary alicyclic amines) is 1. The van der Waals surface area contributed by atoms with Crippen LogP contribution in [0.3, 0.4) is 0 Å². The minimum Gasteiger partial charge on any atom is -0.361 e. The maximum Gasteiger partial charge on any atom is 0.260 e. The van der Waals surface area contributed by atoms with Gasteiger partial charge in [0.1, 0.15) is 0 Å². The van der Waals surface area contributed by atoms with Gasteiger partial charge in [-0.15, -0.1) is 0 Å². The first kappa shape index (κ1) is 22.9. The maximum atomic E-state index is 12.7. The number of imide groups is 1. The standard InChI is InChI=1S/C29H30N4O2/c1-20-7-3-4-8-27(20)31-23-13-14-24-25(17-23)26(29(35)32-28(24)34)18-30-22-11-9-21(10-12-22)19-33-15-5-2-6-16-33/h3-4,7-14,17-18,30-31H,2,5-6,15-16,19H2,1H3,(H,32,34,35)/b26-18-. The van der Waals surface area contributed by atoms with Gasteiger partial charge in [-0.2, -0.15) is 0 Å². The lowest BCUT2D eigenvalue weighted by atomic mass is 9.94. The molecule has 1 fully saturated rings. The maximum absolute atomic E-state index is 12.7. The molecule has 3 aromatic rings. The van der Waals surface area contributed by atoms with E-state index in [9.17, 15) is 9.59 Å². The molecule has 2 aliphatic heterocycles. The van der Waals surface area contributed by atoms with Crippen LogP contribution in [0, 0.1) is 6.92 Å². The van der Waals surface area contributed by atoms with Gasteiger partial charge in [-0.25, -0.2) is 0 Å². The van der Waals surface area contributed by atoms with Crippen LogP contribution in [-0.2, 0) is 11.3 Å². The SMILES string of the molecule is Cc1ccccc1Nc1ccc2c(c1)/C(=C/Nc1ccc(CN3CCCCC3)cc1)C(=O)NC2=O. The fourth-order valence-corrected chi connectivity index (χ4v) is 4.65. The van der Waals surface area contributed by atoms with Crippen LogP contribution in [-0.4, -0.2) is 29.8 Å². The zero-order valence-corrected chi connectivity index (χ0v) is 19.9. The fraction of sp³-hybridized carbons (Fsp3) is 0.241. The smallest absolute Gasteiger partial charge is 0.260 e. The molecule has 0 radical (unpaired) electrons. The molecule has 0 spiro atoms. The van der Waals surface area contributed by atoms with Crippen LogP contribution in [0.2, 0.25) is 0 Å². The Bertz CT molecular complexity index is 1270. The van der Waals surface area contributed by atoms with Crippen LogP contribution in [0.15, 0.2) is 72.9 Å². The van der Waals surface area contributed by atoms with Crippen molar-refractivity contribution in [3.63, 3.8) is 0 Å². The van der Waals surface area contributed by atoms with Gasteiger partial charge >= 0.3 is 0 Å². The lowest BCUT2D eigenvalue weighted by Crippen LogP contribution is -2.36. The zero-order chi connectivity index (χ0) is 24.2. The van der Waals surface area contributed by atoms with Gasteiger partial charge in [-0.1, -0.05) is 36.8 Å². The van der Waals surface area contributed by atoms with E-state index in [-0.39, 0.29) is 5.91 Å². The Morgan fingerprint density at radius 2 is 1.60 bits per heavy atom. The number of nitrogens with zero attached hydrogens (tertiary/aromatic N) is 1. The monoisotopic (exact) mass is 466 g/mol. The summed E-state index contributed by atoms with van der Waals surface area (Å²) in [6, 6.07) is 21.8. The van der Waals surface area contributed by atoms with E-state index >= 15 is 0 Å². The summed E-state index contributed by atoms with van der Waals surface area (Å²) in [4.78, 5) is 27.7. The molecular weight excluding hydrogens is 436 g/mol. The minimum absolute atomic E-state index is 0.383. The van der Waals surface area contributed by atoms with Crippen molar-refractivity contribution in [2.24, 2.45) is 0 Å². The van der Waals surface area contributed by atoms with Crippen molar-refractivity contribution in [1.29, 1.82) is 0 Å². The highest BCUT2D eigenvalue weighted by Crippen LogP contribution is 2.29. The van der Waals surface area contributed by atoms with Gasteiger partial charge < -0.3 is 10.6 Å². The number of amides is 2. The average molecular weight is 467 g/mol. The first-order chi connectivity index (χ1) is 17.1. The highest BCUT2D eigenvalue weighted by Gasteiger charge is 2.27. The van der Waals surface area contributed by atoms with E-state index < -0.39 is 5.91 Å². The number of benzene rings is 3. The highest BCUT2D eigenvalue weighted by atomic mass is 16.2. The molecule has 0 saturated carbocycles. The number of hydrogen-bond acceptors (Lipinski definition) is 5. The molecule has 0 atom stereocenters. The number of para-hydroxylation sites is 1. The van der Waals surface area contributed by atoms with E-state index in [0.717, 1.165) is 29.2 Å². The van der Waals surface area contributed by atoms with E-state index in [2.05, 4.69) is 33.0 Å². The molecule has 2 heterocycles. The number of fused-ring (bicyclic) bond motifs is 1. The fourth-order valence-electron chi connectivity index (χ4n) is 4.65. The molecule has 0 unspecified atom stereocenters. The summed E-state index contributed by atoms with van der Waals surface area (Å²) >= 11 is 0. The number of aryl methyl sites for hydroxylation is 1. The van der Waals surface area contributed by atoms with E-state index in [0.29, 0.717) is 16.7 Å². The average Bonchev–Trinajstić information content (AvgIpc) is 2.87. The molecule has 2 aliphatic rings. The molecular formula is C29H30N4O2. The molecule has 6 heteroatoms. The second-order valence-corrected chi connectivity index (χ2v) is 9.22. The third-order valence-corrected chi connectivity index (χ3v) is 6.64. The summed E-state index contributed by atoms with van der Waals surface area (Å²) in [6.45, 7) is 5.33. The molecule has 1 saturated heterocycles. The zero-order valence-electron chi connectivity index (χ0n) is 19.9. The lowest BCUT2D eigenvalue weighted by molar-refractivity contribution is -0.114. The van der Waals surface area contributed by atoms with Gasteiger partial charge in [0.15, 0.2) is 0 Å². The first-order valence-corrected chi connectivity index (χ1v) is 12.2. The Labute approximate surface area is 206 Å². The quantitative estimate of drug-likeness (QED) is 0.333. The van der Waals surface area contributed by atoms with E-state index in [1.165, 1.54) is 37.9 Å². The Balaban J connectivity index is 1.35. The lowest BCUT2D eigenvalue weighted by Gasteiger charge is -2.26. The van der Waals surface area contributed by atoms with Crippen LogP contribution >= 0.6 is 0 Å². The normalized spacial score (nSPS) is 17.1. The van der Waals surface area contributed by atoms with Gasteiger partial charge in [0.05, 0.1) is 5.57 Å². The van der Waals surface area contributed by atoms with Gasteiger partial charge in [0.25, 0.3) is 11.8 Å². The van der Waals surface area contributed by atoms with Crippen LogP contribution < -0.4 is 16.0 Å². The summed E-state index contributed by atoms with van der Waals surface area (Å²) in [5.41, 5.74) is 6.58. The molecule has 0 aliphatic carbocycles. The summed E-state index contributed by atoms with van der Waals surface area (Å²) < 4.78 is 0. The molecule has 178 valence electrons. The first-order valence-electron chi connectivity index (χ1n) is 12.2. The molecule has 3 aromatic carbocycles. The van der Waals surface area contributed by atoms with E-state index in [4.69, 9.17) is 0 Å². The molecule has 2 amide bonds. The van der Waals surface area contributed by atoms with Crippen molar-refractivity contribution in [2.75, 3.05) is 23.7 Å². The topological polar surface area (TPSA) is 73.5 Å². The highest BCUT2D eigenvalue weighted by molar-refractivity contribution is 6.31. The number of nitrogens with one attached hydrogen (secondary N) is 3. The number of hydrogen-bond donors (Lipinski definition) is 3. The van der Waals surface area contributed by atoms with Crippen LogP contribution in [0.25, 0.3) is 5.57 Å². The number of piperidine rings is 1. The van der Waals surface area contributed by atoms with Crippen molar-refractivity contribution in [3.05, 3.63) is 95.2 Å². The number of carbonyl (C=O) groups excluding carboxylic acids is 2. The molecule has 6 nitrogen and oxygen atoms in total. The largest absolute Gasteiger partial charge is 0.361 e. The molecule has 0 bridgehead atoms. The van der Waals surface area contributed by atoms with Crippen molar-refractivity contribution in [1.82, 2.24) is 10.2 Å². The van der Waals surface area contributed by atoms with Gasteiger partial charge in [0.2, 0.25) is 0 Å². The van der Waals surface area contributed by atoms with Crippen molar-refractivity contribution in [3.8, 4) is 0 Å². The third kappa shape index (κ3) is 5.28. The van der Waals surface area contributed by atoms with Gasteiger partial charge in [-0.3, -0.25) is 19.8 Å². The van der Waals surface area contributed by atoms with Crippen molar-refractivity contribution < 1.29 is 9.59 Å². The summed E-state index contributed by atoms with van der Waals surface area (Å²) in [5.74, 6) is -0.795. The predicted molar refractivity (Wildman–Crippen MR) is 141 cm³/mol. The molecule has 0 aromatic heterocycles. The summed E-state index contributed by atoms with van der Waals surface area (Å²) in [6.07, 6.45) is 5.57. The summed E-state index contributed by atoms with van der Waals surface area (Å²) in [5, 5.41) is 9.08. The Morgan fingerprint density at radius 1 is 0.857 bits per heavy atom. The van der Waals surface area contributed by atoms with Gasteiger partial charge in [0, 0.05) is 40.9 Å². The van der Waals surface area contributed by atoms with Crippen molar-refractivity contribution >= 4 is 34.4 Å². The Hall–Kier alpha value is -3.90. The summed E-state index contributed by atoms with van der Waals surface area (Å²) in [7, 11) is 0. The van der Waals surface area contributed by atoms with E-state index in [1.807, 2.05) is 55.5 Å². The van der Waals surface area contributed by atoms with E-state index in [1.54, 1.807) is 12.3 Å². The Morgan fingerprint density at radius 3 is 2.37 bits per heavy atom. The van der Waals surface area contributed by atoms with Gasteiger partial charge in [-0.05, 0) is 80.4 Å². The second-order valence-electron chi connectivity index (χ2n) is 9.22. The second kappa shape index (κ2) is 10.2. The Kier molecular flexibility index (Phi) is 6.64. The van der Waals surface area contributed by atoms with Crippen LogP contribution in [0.4, 0.5) is 17.1 Å². The predicted octanol–water partition coefficient (Wildman–Crippen LogP) is 5.45. The molecule has 5 rings (SSSR count). The van der Waals surface area contributed by atoms with Crippen LogP contribution in [0.1, 0.15) is 46.3 Å².